The number of carbonyl (C=O) groups excluding carboxylic acids is 2. The van der Waals surface area contributed by atoms with Crippen LogP contribution in [0.1, 0.15) is 20.7 Å². The molecule has 2 amide bonds. The lowest BCUT2D eigenvalue weighted by molar-refractivity contribution is 0.0926. The maximum Gasteiger partial charge on any atom is 0.268 e. The fourth-order valence-corrected chi connectivity index (χ4v) is 6.96. The fourth-order valence-electron chi connectivity index (χ4n) is 6.96. The van der Waals surface area contributed by atoms with Gasteiger partial charge in [0.1, 0.15) is 0 Å². The molecule has 48 heavy (non-hydrogen) atoms. The Morgan fingerprint density at radius 2 is 0.979 bits per heavy atom. The Hall–Kier alpha value is -6.66. The largest absolute Gasteiger partial charge is 0.308 e. The van der Waals surface area contributed by atoms with E-state index < -0.39 is 0 Å². The van der Waals surface area contributed by atoms with Crippen LogP contribution in [0.5, 0.6) is 0 Å². The smallest absolute Gasteiger partial charge is 0.268 e. The molecular formula is C42H26N4O2. The van der Waals surface area contributed by atoms with Gasteiger partial charge in [0.25, 0.3) is 11.8 Å². The Morgan fingerprint density at radius 3 is 1.56 bits per heavy atom. The summed E-state index contributed by atoms with van der Waals surface area (Å²) in [5.74, 6) is -0.691. The highest BCUT2D eigenvalue weighted by Crippen LogP contribution is 2.44. The van der Waals surface area contributed by atoms with Gasteiger partial charge >= 0.3 is 0 Å². The summed E-state index contributed by atoms with van der Waals surface area (Å²) in [7, 11) is 0. The van der Waals surface area contributed by atoms with Crippen LogP contribution in [-0.2, 0) is 0 Å². The Kier molecular flexibility index (Phi) is 6.33. The van der Waals surface area contributed by atoms with Crippen molar-refractivity contribution in [2.75, 3.05) is 4.90 Å². The zero-order valence-electron chi connectivity index (χ0n) is 25.6. The van der Waals surface area contributed by atoms with Gasteiger partial charge in [0.15, 0.2) is 0 Å². The van der Waals surface area contributed by atoms with E-state index in [1.54, 1.807) is 18.5 Å². The Bertz CT molecular complexity index is 2430. The van der Waals surface area contributed by atoms with E-state index >= 15 is 0 Å². The number of fused-ring (bicyclic) bond motifs is 4. The minimum absolute atomic E-state index is 0.339. The molecule has 0 fully saturated rings. The van der Waals surface area contributed by atoms with Crippen molar-refractivity contribution in [2.24, 2.45) is 0 Å². The van der Waals surface area contributed by atoms with Crippen molar-refractivity contribution in [2.45, 2.75) is 0 Å². The third kappa shape index (κ3) is 4.20. The maximum absolute atomic E-state index is 14.4. The van der Waals surface area contributed by atoms with Gasteiger partial charge in [0, 0.05) is 34.3 Å². The van der Waals surface area contributed by atoms with Crippen LogP contribution in [0, 0.1) is 0 Å². The second-order valence-corrected chi connectivity index (χ2v) is 11.7. The molecule has 0 spiro atoms. The van der Waals surface area contributed by atoms with Crippen molar-refractivity contribution in [1.82, 2.24) is 14.5 Å². The molecule has 5 aromatic carbocycles. The van der Waals surface area contributed by atoms with Gasteiger partial charge in [-0.1, -0.05) is 84.9 Å². The summed E-state index contributed by atoms with van der Waals surface area (Å²) in [5, 5.41) is 1.99. The predicted octanol–water partition coefficient (Wildman–Crippen LogP) is 9.38. The number of pyridine rings is 2. The molecule has 1 aliphatic rings. The monoisotopic (exact) mass is 618 g/mol. The van der Waals surface area contributed by atoms with Crippen molar-refractivity contribution in [3.05, 3.63) is 169 Å². The van der Waals surface area contributed by atoms with Crippen molar-refractivity contribution in [1.29, 1.82) is 0 Å². The highest BCUT2D eigenvalue weighted by atomic mass is 16.2. The van der Waals surface area contributed by atoms with Crippen LogP contribution in [0.25, 0.3) is 61.1 Å². The molecule has 0 unspecified atom stereocenters. The third-order valence-electron chi connectivity index (χ3n) is 9.06. The average Bonchev–Trinajstić information content (AvgIpc) is 3.63. The molecule has 4 heterocycles. The number of amides is 2. The van der Waals surface area contributed by atoms with Crippen LogP contribution in [0.2, 0.25) is 0 Å². The molecule has 0 aliphatic carbocycles. The summed E-state index contributed by atoms with van der Waals surface area (Å²) in [6.07, 6.45) is 3.59. The molecule has 6 heteroatoms. The fraction of sp³-hybridized carbons (Fsp3) is 0. The lowest BCUT2D eigenvalue weighted by atomic mass is 9.98. The summed E-state index contributed by atoms with van der Waals surface area (Å²) in [4.78, 5) is 39.1. The third-order valence-corrected chi connectivity index (χ3v) is 9.06. The standard InChI is InChI=1S/C42H26N4O2/c47-41-32-15-10-20-37(40(32)42(48)45(41)29-23-21-28(22-24-29)27-11-2-1-3-12-27)46-35-18-8-13-30(33-16-4-6-25-43-33)38(35)39-31(14-9-19-36(39)46)34-17-5-7-26-44-34/h1-26H. The highest BCUT2D eigenvalue weighted by molar-refractivity contribution is 6.36. The number of aromatic nitrogens is 3. The number of benzene rings is 5. The van der Waals surface area contributed by atoms with Gasteiger partial charge in [0.2, 0.25) is 0 Å². The van der Waals surface area contributed by atoms with Crippen LogP contribution in [0.4, 0.5) is 5.69 Å². The zero-order chi connectivity index (χ0) is 32.2. The van der Waals surface area contributed by atoms with Gasteiger partial charge in [-0.15, -0.1) is 0 Å². The summed E-state index contributed by atoms with van der Waals surface area (Å²) in [5.41, 5.74) is 9.41. The molecule has 3 aromatic heterocycles. The van der Waals surface area contributed by atoms with Crippen LogP contribution in [0.15, 0.2) is 158 Å². The summed E-state index contributed by atoms with van der Waals surface area (Å²) in [6.45, 7) is 0. The van der Waals surface area contributed by atoms with E-state index in [1.165, 1.54) is 4.90 Å². The quantitative estimate of drug-likeness (QED) is 0.180. The van der Waals surface area contributed by atoms with Crippen molar-refractivity contribution < 1.29 is 9.59 Å². The molecule has 6 nitrogen and oxygen atoms in total. The summed E-state index contributed by atoms with van der Waals surface area (Å²) >= 11 is 0. The number of nitrogens with zero attached hydrogens (tertiary/aromatic N) is 4. The first-order valence-corrected chi connectivity index (χ1v) is 15.8. The molecule has 0 atom stereocenters. The van der Waals surface area contributed by atoms with E-state index in [9.17, 15) is 9.59 Å². The second-order valence-electron chi connectivity index (χ2n) is 11.7. The predicted molar refractivity (Wildman–Crippen MR) is 190 cm³/mol. The number of carbonyl (C=O) groups is 2. The lowest BCUT2D eigenvalue weighted by Gasteiger charge is -2.15. The Balaban J connectivity index is 1.27. The first-order valence-electron chi connectivity index (χ1n) is 15.8. The second kappa shape index (κ2) is 11.0. The number of hydrogen-bond donors (Lipinski definition) is 0. The van der Waals surface area contributed by atoms with Crippen LogP contribution >= 0.6 is 0 Å². The van der Waals surface area contributed by atoms with Gasteiger partial charge in [-0.3, -0.25) is 19.6 Å². The molecular weight excluding hydrogens is 592 g/mol. The maximum atomic E-state index is 14.4. The molecule has 0 saturated carbocycles. The van der Waals surface area contributed by atoms with Crippen molar-refractivity contribution >= 4 is 39.3 Å². The molecule has 0 bridgehead atoms. The average molecular weight is 619 g/mol. The van der Waals surface area contributed by atoms with Gasteiger partial charge < -0.3 is 4.57 Å². The number of rotatable bonds is 5. The zero-order valence-corrected chi connectivity index (χ0v) is 25.6. The SMILES string of the molecule is O=C1c2cccc(-n3c4cccc(-c5ccccn5)c4c4c(-c5ccccn5)cccc43)c2C(=O)N1c1ccc(-c2ccccc2)cc1. The molecule has 226 valence electrons. The topological polar surface area (TPSA) is 68.1 Å². The minimum atomic E-state index is -0.352. The highest BCUT2D eigenvalue weighted by Gasteiger charge is 2.39. The number of anilines is 1. The van der Waals surface area contributed by atoms with Gasteiger partial charge in [-0.2, -0.15) is 0 Å². The number of imide groups is 1. The van der Waals surface area contributed by atoms with Gasteiger partial charge in [-0.25, -0.2) is 4.90 Å². The molecule has 9 rings (SSSR count). The molecule has 1 aliphatic heterocycles. The van der Waals surface area contributed by atoms with Crippen molar-refractivity contribution in [3.63, 3.8) is 0 Å². The Morgan fingerprint density at radius 1 is 0.438 bits per heavy atom. The van der Waals surface area contributed by atoms with Gasteiger partial charge in [-0.05, 0) is 71.8 Å². The van der Waals surface area contributed by atoms with E-state index in [0.29, 0.717) is 22.5 Å². The van der Waals surface area contributed by atoms with E-state index in [-0.39, 0.29) is 11.8 Å². The molecule has 8 aromatic rings. The minimum Gasteiger partial charge on any atom is -0.308 e. The number of hydrogen-bond acceptors (Lipinski definition) is 4. The van der Waals surface area contributed by atoms with Gasteiger partial charge in [0.05, 0.1) is 44.9 Å². The van der Waals surface area contributed by atoms with E-state index in [4.69, 9.17) is 9.97 Å². The normalized spacial score (nSPS) is 12.6. The van der Waals surface area contributed by atoms with Crippen LogP contribution in [-0.4, -0.2) is 26.3 Å². The molecule has 0 radical (unpaired) electrons. The van der Waals surface area contributed by atoms with Crippen molar-refractivity contribution in [3.8, 4) is 39.3 Å². The Labute approximate surface area is 276 Å². The van der Waals surface area contributed by atoms with E-state index in [2.05, 4.69) is 28.8 Å². The summed E-state index contributed by atoms with van der Waals surface area (Å²) < 4.78 is 2.11. The first-order chi connectivity index (χ1) is 23.7. The molecule has 0 N–H and O–H groups in total. The van der Waals surface area contributed by atoms with E-state index in [0.717, 1.165) is 55.4 Å². The van der Waals surface area contributed by atoms with Crippen LogP contribution < -0.4 is 4.90 Å². The van der Waals surface area contributed by atoms with Crippen LogP contribution in [0.3, 0.4) is 0 Å². The first kappa shape index (κ1) is 27.6. The summed E-state index contributed by atoms with van der Waals surface area (Å²) in [6, 6.07) is 47.2. The lowest BCUT2D eigenvalue weighted by Crippen LogP contribution is -2.29. The van der Waals surface area contributed by atoms with E-state index in [1.807, 2.05) is 115 Å². The molecule has 0 saturated heterocycles.